The first-order valence-corrected chi connectivity index (χ1v) is 8.76. The van der Waals surface area contributed by atoms with Crippen molar-refractivity contribution in [2.75, 3.05) is 13.1 Å². The van der Waals surface area contributed by atoms with Crippen molar-refractivity contribution in [3.8, 4) is 0 Å². The highest BCUT2D eigenvalue weighted by atomic mass is 16.1. The molecule has 3 unspecified atom stereocenters. The van der Waals surface area contributed by atoms with Crippen LogP contribution in [0.4, 0.5) is 0 Å². The molecule has 0 amide bonds. The van der Waals surface area contributed by atoms with Gasteiger partial charge in [-0.3, -0.25) is 9.69 Å². The van der Waals surface area contributed by atoms with Gasteiger partial charge in [0.1, 0.15) is 5.78 Å². The van der Waals surface area contributed by atoms with Gasteiger partial charge in [0.15, 0.2) is 0 Å². The summed E-state index contributed by atoms with van der Waals surface area (Å²) in [7, 11) is 0. The monoisotopic (exact) mass is 281 g/mol. The second kappa shape index (κ2) is 8.81. The minimum Gasteiger partial charge on any atom is -0.300 e. The van der Waals surface area contributed by atoms with Gasteiger partial charge in [0.05, 0.1) is 0 Å². The van der Waals surface area contributed by atoms with Gasteiger partial charge in [-0.1, -0.05) is 34.1 Å². The van der Waals surface area contributed by atoms with Gasteiger partial charge in [0.25, 0.3) is 0 Å². The van der Waals surface area contributed by atoms with E-state index in [9.17, 15) is 4.79 Å². The van der Waals surface area contributed by atoms with Crippen molar-refractivity contribution in [1.29, 1.82) is 0 Å². The van der Waals surface area contributed by atoms with Crippen molar-refractivity contribution in [1.82, 2.24) is 4.90 Å². The Kier molecular flexibility index (Phi) is 7.79. The third-order valence-corrected chi connectivity index (χ3v) is 5.21. The van der Waals surface area contributed by atoms with Crippen molar-refractivity contribution in [3.63, 3.8) is 0 Å². The molecule has 20 heavy (non-hydrogen) atoms. The predicted octanol–water partition coefficient (Wildman–Crippen LogP) is 4.53. The van der Waals surface area contributed by atoms with Gasteiger partial charge >= 0.3 is 0 Å². The fraction of sp³-hybridized carbons (Fsp3) is 0.944. The molecular formula is C18H35NO. The van der Waals surface area contributed by atoms with Crippen LogP contribution in [0.3, 0.4) is 0 Å². The van der Waals surface area contributed by atoms with Gasteiger partial charge in [-0.25, -0.2) is 0 Å². The summed E-state index contributed by atoms with van der Waals surface area (Å²) in [5, 5.41) is 0. The van der Waals surface area contributed by atoms with E-state index < -0.39 is 0 Å². The summed E-state index contributed by atoms with van der Waals surface area (Å²) in [6, 6.07) is 0.605. The Morgan fingerprint density at radius 1 is 1.25 bits per heavy atom. The molecule has 0 N–H and O–H groups in total. The van der Waals surface area contributed by atoms with Crippen molar-refractivity contribution < 1.29 is 4.79 Å². The summed E-state index contributed by atoms with van der Waals surface area (Å²) in [4.78, 5) is 14.8. The fourth-order valence-electron chi connectivity index (χ4n) is 3.32. The second-order valence-electron chi connectivity index (χ2n) is 7.05. The molecule has 2 nitrogen and oxygen atoms in total. The first-order valence-electron chi connectivity index (χ1n) is 8.76. The second-order valence-corrected chi connectivity index (χ2v) is 7.05. The fourth-order valence-corrected chi connectivity index (χ4v) is 3.32. The van der Waals surface area contributed by atoms with Crippen LogP contribution in [-0.2, 0) is 4.79 Å². The highest BCUT2D eigenvalue weighted by Gasteiger charge is 2.31. The summed E-state index contributed by atoms with van der Waals surface area (Å²) >= 11 is 0. The number of nitrogens with zero attached hydrogens (tertiary/aromatic N) is 1. The SMILES string of the molecule is CCCCN(CC1CC(C(C)C)CCC1=O)C(C)CC. The van der Waals surface area contributed by atoms with E-state index in [1.54, 1.807) is 0 Å². The molecule has 2 heteroatoms. The largest absolute Gasteiger partial charge is 0.300 e. The van der Waals surface area contributed by atoms with Crippen LogP contribution in [0, 0.1) is 17.8 Å². The Bertz CT molecular complexity index is 287. The van der Waals surface area contributed by atoms with Crippen LogP contribution >= 0.6 is 0 Å². The van der Waals surface area contributed by atoms with E-state index in [1.165, 1.54) is 19.3 Å². The Hall–Kier alpha value is -0.370. The number of Topliss-reactive ketones (excluding diaryl/α,β-unsaturated/α-hetero) is 1. The van der Waals surface area contributed by atoms with Gasteiger partial charge in [0.2, 0.25) is 0 Å². The lowest BCUT2D eigenvalue weighted by Crippen LogP contribution is -2.42. The maximum atomic E-state index is 12.3. The van der Waals surface area contributed by atoms with E-state index >= 15 is 0 Å². The number of hydrogen-bond acceptors (Lipinski definition) is 2. The van der Waals surface area contributed by atoms with Crippen LogP contribution in [0.2, 0.25) is 0 Å². The number of ketones is 1. The topological polar surface area (TPSA) is 20.3 Å². The maximum Gasteiger partial charge on any atom is 0.137 e. The average molecular weight is 281 g/mol. The van der Waals surface area contributed by atoms with Gasteiger partial charge in [-0.2, -0.15) is 0 Å². The molecule has 0 radical (unpaired) electrons. The van der Waals surface area contributed by atoms with Crippen LogP contribution < -0.4 is 0 Å². The third kappa shape index (κ3) is 5.20. The standard InChI is InChI=1S/C18H35NO/c1-6-8-11-19(15(5)7-2)13-17-12-16(14(3)4)9-10-18(17)20/h14-17H,6-13H2,1-5H3. The zero-order valence-corrected chi connectivity index (χ0v) is 14.3. The van der Waals surface area contributed by atoms with Crippen molar-refractivity contribution >= 4 is 5.78 Å². The molecule has 1 aliphatic rings. The smallest absolute Gasteiger partial charge is 0.137 e. The molecular weight excluding hydrogens is 246 g/mol. The van der Waals surface area contributed by atoms with Crippen molar-refractivity contribution in [3.05, 3.63) is 0 Å². The molecule has 0 bridgehead atoms. The molecule has 3 atom stereocenters. The zero-order valence-electron chi connectivity index (χ0n) is 14.3. The number of hydrogen-bond donors (Lipinski definition) is 0. The van der Waals surface area contributed by atoms with Crippen LogP contribution in [0.1, 0.15) is 73.1 Å². The summed E-state index contributed by atoms with van der Waals surface area (Å²) in [5.41, 5.74) is 0. The van der Waals surface area contributed by atoms with Crippen LogP contribution in [0.5, 0.6) is 0 Å². The van der Waals surface area contributed by atoms with Crippen molar-refractivity contribution in [2.45, 2.75) is 79.2 Å². The quantitative estimate of drug-likeness (QED) is 0.651. The minimum atomic E-state index is 0.294. The molecule has 1 rings (SSSR count). The summed E-state index contributed by atoms with van der Waals surface area (Å²) in [6.45, 7) is 13.6. The van der Waals surface area contributed by atoms with Gasteiger partial charge in [0, 0.05) is 24.9 Å². The van der Waals surface area contributed by atoms with Crippen LogP contribution in [-0.4, -0.2) is 29.8 Å². The summed E-state index contributed by atoms with van der Waals surface area (Å²) in [5.74, 6) is 2.29. The van der Waals surface area contributed by atoms with E-state index in [2.05, 4.69) is 39.5 Å². The minimum absolute atomic E-state index is 0.294. The van der Waals surface area contributed by atoms with E-state index in [4.69, 9.17) is 0 Å². The average Bonchev–Trinajstić information content (AvgIpc) is 2.44. The predicted molar refractivity (Wildman–Crippen MR) is 86.9 cm³/mol. The molecule has 0 aromatic carbocycles. The molecule has 1 aliphatic carbocycles. The third-order valence-electron chi connectivity index (χ3n) is 5.21. The Balaban J connectivity index is 2.62. The number of rotatable bonds is 8. The molecule has 0 saturated heterocycles. The zero-order chi connectivity index (χ0) is 15.1. The van der Waals surface area contributed by atoms with E-state index in [0.717, 1.165) is 44.2 Å². The maximum absolute atomic E-state index is 12.3. The number of carbonyl (C=O) groups is 1. The van der Waals surface area contributed by atoms with E-state index in [0.29, 0.717) is 17.7 Å². The molecule has 1 saturated carbocycles. The molecule has 118 valence electrons. The number of carbonyl (C=O) groups excluding carboxylic acids is 1. The van der Waals surface area contributed by atoms with Gasteiger partial charge in [-0.15, -0.1) is 0 Å². The molecule has 0 spiro atoms. The lowest BCUT2D eigenvalue weighted by molar-refractivity contribution is -0.127. The Labute approximate surface area is 126 Å². The van der Waals surface area contributed by atoms with Crippen LogP contribution in [0.15, 0.2) is 0 Å². The van der Waals surface area contributed by atoms with Gasteiger partial charge in [-0.05, 0) is 51.0 Å². The van der Waals surface area contributed by atoms with E-state index in [-0.39, 0.29) is 0 Å². The highest BCUT2D eigenvalue weighted by Crippen LogP contribution is 2.32. The summed E-state index contributed by atoms with van der Waals surface area (Å²) in [6.07, 6.45) is 6.72. The van der Waals surface area contributed by atoms with Crippen molar-refractivity contribution in [2.24, 2.45) is 17.8 Å². The molecule has 0 aromatic heterocycles. The molecule has 0 aliphatic heterocycles. The molecule has 1 fully saturated rings. The number of unbranched alkanes of at least 4 members (excludes halogenated alkanes) is 1. The first-order chi connectivity index (χ1) is 9.49. The van der Waals surface area contributed by atoms with Gasteiger partial charge < -0.3 is 0 Å². The van der Waals surface area contributed by atoms with Crippen LogP contribution in [0.25, 0.3) is 0 Å². The Morgan fingerprint density at radius 3 is 2.50 bits per heavy atom. The first kappa shape index (κ1) is 17.7. The Morgan fingerprint density at radius 2 is 1.95 bits per heavy atom. The molecule has 0 aromatic rings. The highest BCUT2D eigenvalue weighted by molar-refractivity contribution is 5.82. The normalized spacial score (nSPS) is 25.4. The lowest BCUT2D eigenvalue weighted by atomic mass is 9.75. The lowest BCUT2D eigenvalue weighted by Gasteiger charge is -2.36. The summed E-state index contributed by atoms with van der Waals surface area (Å²) < 4.78 is 0. The van der Waals surface area contributed by atoms with E-state index in [1.807, 2.05) is 0 Å². The molecule has 0 heterocycles.